The second kappa shape index (κ2) is 8.65. The monoisotopic (exact) mass is 442 g/mol. The van der Waals surface area contributed by atoms with E-state index in [9.17, 15) is 18.0 Å². The van der Waals surface area contributed by atoms with Gasteiger partial charge in [-0.2, -0.15) is 8.78 Å². The molecule has 4 aromatic rings. The van der Waals surface area contributed by atoms with Gasteiger partial charge in [-0.3, -0.25) is 9.36 Å². The van der Waals surface area contributed by atoms with Gasteiger partial charge in [0.05, 0.1) is 16.6 Å². The number of benzene rings is 3. The highest BCUT2D eigenvalue weighted by molar-refractivity contribution is 6.31. The Hall–Kier alpha value is -3.58. The van der Waals surface area contributed by atoms with Gasteiger partial charge in [-0.05, 0) is 60.2 Å². The van der Waals surface area contributed by atoms with Crippen LogP contribution in [0.4, 0.5) is 13.2 Å². The molecule has 0 aliphatic heterocycles. The maximum Gasteiger partial charge on any atom is 0.387 e. The number of hydrogen-bond donors (Lipinski definition) is 0. The molecule has 0 aliphatic rings. The van der Waals surface area contributed by atoms with Crippen molar-refractivity contribution in [1.29, 1.82) is 0 Å². The fourth-order valence-corrected chi connectivity index (χ4v) is 3.25. The molecule has 0 saturated carbocycles. The number of halogens is 4. The van der Waals surface area contributed by atoms with Gasteiger partial charge in [0.15, 0.2) is 0 Å². The van der Waals surface area contributed by atoms with Crippen molar-refractivity contribution in [3.8, 4) is 11.4 Å². The Labute approximate surface area is 179 Å². The summed E-state index contributed by atoms with van der Waals surface area (Å²) in [6.45, 7) is -2.91. The highest BCUT2D eigenvalue weighted by atomic mass is 35.5. The van der Waals surface area contributed by atoms with E-state index in [0.29, 0.717) is 27.2 Å². The third-order valence-electron chi connectivity index (χ3n) is 4.45. The first kappa shape index (κ1) is 20.7. The first-order valence-electron chi connectivity index (χ1n) is 9.12. The molecule has 4 nitrogen and oxygen atoms in total. The Kier molecular flexibility index (Phi) is 5.77. The second-order valence-corrected chi connectivity index (χ2v) is 6.97. The van der Waals surface area contributed by atoms with Gasteiger partial charge in [0.1, 0.15) is 17.4 Å². The predicted octanol–water partition coefficient (Wildman–Crippen LogP) is 5.95. The van der Waals surface area contributed by atoms with E-state index in [-0.39, 0.29) is 17.1 Å². The van der Waals surface area contributed by atoms with Gasteiger partial charge in [0.25, 0.3) is 5.56 Å². The minimum Gasteiger partial charge on any atom is -0.435 e. The van der Waals surface area contributed by atoms with Crippen LogP contribution in [0.2, 0.25) is 5.02 Å². The average Bonchev–Trinajstić information content (AvgIpc) is 2.72. The predicted molar refractivity (Wildman–Crippen MR) is 114 cm³/mol. The largest absolute Gasteiger partial charge is 0.435 e. The van der Waals surface area contributed by atoms with Crippen LogP contribution in [0.3, 0.4) is 0 Å². The molecule has 0 spiro atoms. The lowest BCUT2D eigenvalue weighted by molar-refractivity contribution is -0.0498. The third-order valence-corrected chi connectivity index (χ3v) is 4.69. The Morgan fingerprint density at radius 2 is 1.77 bits per heavy atom. The molecule has 0 bridgehead atoms. The van der Waals surface area contributed by atoms with Crippen molar-refractivity contribution in [2.75, 3.05) is 0 Å². The van der Waals surface area contributed by atoms with Crippen molar-refractivity contribution in [3.63, 3.8) is 0 Å². The fraction of sp³-hybridized carbons (Fsp3) is 0.0435. The van der Waals surface area contributed by atoms with Gasteiger partial charge in [-0.1, -0.05) is 35.9 Å². The smallest absolute Gasteiger partial charge is 0.387 e. The van der Waals surface area contributed by atoms with Gasteiger partial charge in [-0.25, -0.2) is 9.37 Å². The molecule has 0 saturated heterocycles. The van der Waals surface area contributed by atoms with Crippen LogP contribution in [-0.4, -0.2) is 16.2 Å². The van der Waals surface area contributed by atoms with Gasteiger partial charge >= 0.3 is 6.61 Å². The van der Waals surface area contributed by atoms with Crippen LogP contribution in [0.1, 0.15) is 11.4 Å². The molecule has 1 heterocycles. The van der Waals surface area contributed by atoms with E-state index in [1.54, 1.807) is 48.6 Å². The number of hydrogen-bond acceptors (Lipinski definition) is 3. The molecule has 0 radical (unpaired) electrons. The third kappa shape index (κ3) is 4.62. The van der Waals surface area contributed by atoms with Gasteiger partial charge in [0, 0.05) is 5.02 Å². The number of rotatable bonds is 5. The fourth-order valence-electron chi connectivity index (χ4n) is 3.08. The number of alkyl halides is 2. The SMILES string of the molecule is O=c1c2ccc(Cl)cc2nc(C=Cc2ccc(OC(F)F)cc2)n1-c1cccc(F)c1. The van der Waals surface area contributed by atoms with E-state index >= 15 is 0 Å². The van der Waals surface area contributed by atoms with E-state index in [1.807, 2.05) is 0 Å². The van der Waals surface area contributed by atoms with Crippen molar-refractivity contribution in [2.24, 2.45) is 0 Å². The summed E-state index contributed by atoms with van der Waals surface area (Å²) in [6.07, 6.45) is 3.23. The molecule has 0 aliphatic carbocycles. The first-order chi connectivity index (χ1) is 14.9. The Morgan fingerprint density at radius 3 is 2.48 bits per heavy atom. The van der Waals surface area contributed by atoms with Gasteiger partial charge < -0.3 is 4.74 Å². The normalized spacial score (nSPS) is 11.5. The molecule has 31 heavy (non-hydrogen) atoms. The summed E-state index contributed by atoms with van der Waals surface area (Å²) in [4.78, 5) is 17.7. The number of fused-ring (bicyclic) bond motifs is 1. The van der Waals surface area contributed by atoms with E-state index in [4.69, 9.17) is 11.6 Å². The van der Waals surface area contributed by atoms with Gasteiger partial charge in [-0.15, -0.1) is 0 Å². The molecule has 0 unspecified atom stereocenters. The molecule has 0 amide bonds. The Bertz CT molecular complexity index is 1340. The zero-order valence-corrected chi connectivity index (χ0v) is 16.6. The van der Waals surface area contributed by atoms with E-state index < -0.39 is 12.4 Å². The first-order valence-corrected chi connectivity index (χ1v) is 9.50. The van der Waals surface area contributed by atoms with Gasteiger partial charge in [0.2, 0.25) is 0 Å². The standard InChI is InChI=1S/C23H14ClF3N2O2/c24-15-7-10-19-20(12-15)28-21(29(22(19)30)17-3-1-2-16(25)13-17)11-6-14-4-8-18(9-5-14)31-23(26)27/h1-13,23H. The van der Waals surface area contributed by atoms with Crippen molar-refractivity contribution in [3.05, 3.63) is 99.3 Å². The summed E-state index contributed by atoms with van der Waals surface area (Å²) in [5.74, 6) is -0.217. The quantitative estimate of drug-likeness (QED) is 0.383. The summed E-state index contributed by atoms with van der Waals surface area (Å²) in [5, 5.41) is 0.756. The molecule has 0 fully saturated rings. The summed E-state index contributed by atoms with van der Waals surface area (Å²) in [6, 6.07) is 16.3. The summed E-state index contributed by atoms with van der Waals surface area (Å²) in [5.41, 5.74) is 0.987. The number of aromatic nitrogens is 2. The average molecular weight is 443 g/mol. The number of ether oxygens (including phenoxy) is 1. The minimum atomic E-state index is -2.91. The Morgan fingerprint density at radius 1 is 1.00 bits per heavy atom. The second-order valence-electron chi connectivity index (χ2n) is 6.53. The van der Waals surface area contributed by atoms with Crippen LogP contribution in [0.15, 0.2) is 71.5 Å². The van der Waals surface area contributed by atoms with Crippen LogP contribution >= 0.6 is 11.6 Å². The maximum atomic E-state index is 13.8. The molecule has 3 aromatic carbocycles. The van der Waals surface area contributed by atoms with Crippen LogP contribution in [0.25, 0.3) is 28.7 Å². The zero-order chi connectivity index (χ0) is 22.0. The molecule has 156 valence electrons. The Balaban J connectivity index is 1.82. The molecule has 8 heteroatoms. The van der Waals surface area contributed by atoms with Crippen molar-refractivity contribution in [1.82, 2.24) is 9.55 Å². The van der Waals surface area contributed by atoms with Crippen LogP contribution < -0.4 is 10.3 Å². The van der Waals surface area contributed by atoms with E-state index in [1.165, 1.54) is 34.9 Å². The van der Waals surface area contributed by atoms with Crippen LogP contribution in [0, 0.1) is 5.82 Å². The highest BCUT2D eigenvalue weighted by Crippen LogP contribution is 2.20. The lowest BCUT2D eigenvalue weighted by Crippen LogP contribution is -2.22. The van der Waals surface area contributed by atoms with Crippen molar-refractivity contribution in [2.45, 2.75) is 6.61 Å². The molecule has 1 aromatic heterocycles. The lowest BCUT2D eigenvalue weighted by atomic mass is 10.2. The van der Waals surface area contributed by atoms with Crippen molar-refractivity contribution >= 4 is 34.7 Å². The number of nitrogens with zero attached hydrogens (tertiary/aromatic N) is 2. The van der Waals surface area contributed by atoms with Crippen molar-refractivity contribution < 1.29 is 17.9 Å². The van der Waals surface area contributed by atoms with E-state index in [0.717, 1.165) is 0 Å². The van der Waals surface area contributed by atoms with E-state index in [2.05, 4.69) is 9.72 Å². The molecular weight excluding hydrogens is 429 g/mol. The molecule has 0 atom stereocenters. The summed E-state index contributed by atoms with van der Waals surface area (Å²) < 4.78 is 44.1. The summed E-state index contributed by atoms with van der Waals surface area (Å²) >= 11 is 6.04. The van der Waals surface area contributed by atoms with Crippen LogP contribution in [-0.2, 0) is 0 Å². The summed E-state index contributed by atoms with van der Waals surface area (Å²) in [7, 11) is 0. The topological polar surface area (TPSA) is 44.1 Å². The minimum absolute atomic E-state index is 0.0299. The zero-order valence-electron chi connectivity index (χ0n) is 15.8. The molecule has 4 rings (SSSR count). The molecular formula is C23H14ClF3N2O2. The van der Waals surface area contributed by atoms with Crippen LogP contribution in [0.5, 0.6) is 5.75 Å². The molecule has 0 N–H and O–H groups in total. The lowest BCUT2D eigenvalue weighted by Gasteiger charge is -2.12. The maximum absolute atomic E-state index is 13.8. The highest BCUT2D eigenvalue weighted by Gasteiger charge is 2.12.